The van der Waals surface area contributed by atoms with Crippen molar-refractivity contribution in [2.75, 3.05) is 0 Å². The zero-order chi connectivity index (χ0) is 14.4. The zero-order valence-electron chi connectivity index (χ0n) is 14.7. The third kappa shape index (κ3) is 5.30. The Bertz CT molecular complexity index is 290. The molecule has 0 aromatic rings. The van der Waals surface area contributed by atoms with Crippen molar-refractivity contribution >= 4 is 35.0 Å². The number of aliphatic carboxylic acids is 2. The largest absolute Gasteiger partial charge is 2.00 e. The van der Waals surface area contributed by atoms with Crippen LogP contribution >= 0.6 is 0 Å². The maximum Gasteiger partial charge on any atom is 2.00 e. The molecule has 0 radical (unpaired) electrons. The maximum absolute atomic E-state index is 11.4. The summed E-state index contributed by atoms with van der Waals surface area (Å²) in [4.78, 5) is 22.9. The molecule has 4 nitrogen and oxygen atoms in total. The maximum atomic E-state index is 11.4. The van der Waals surface area contributed by atoms with Crippen LogP contribution in [-0.2, 0) is 9.59 Å². The van der Waals surface area contributed by atoms with Gasteiger partial charge in [-0.3, -0.25) is 9.59 Å². The molecule has 0 aromatic carbocycles. The Kier molecular flexibility index (Phi) is 9.72. The molecule has 5 heteroatoms. The molecule has 110 valence electrons. The van der Waals surface area contributed by atoms with Crippen LogP contribution in [0.1, 0.15) is 69.1 Å². The van der Waals surface area contributed by atoms with Crippen LogP contribution in [0.2, 0.25) is 0 Å². The van der Waals surface area contributed by atoms with E-state index >= 15 is 0 Å². The second kappa shape index (κ2) is 8.79. The van der Waals surface area contributed by atoms with Gasteiger partial charge in [-0.05, 0) is 11.8 Å². The molecule has 0 aliphatic heterocycles. The van der Waals surface area contributed by atoms with E-state index in [2.05, 4.69) is 6.92 Å². The first-order valence-corrected chi connectivity index (χ1v) is 6.67. The number of carboxylic acids is 2. The summed E-state index contributed by atoms with van der Waals surface area (Å²) < 4.78 is 0. The zero-order valence-corrected chi connectivity index (χ0v) is 14.1. The smallest absolute Gasteiger partial charge is 1.00 e. The molecular formula is C14H28MgO4. The summed E-state index contributed by atoms with van der Waals surface area (Å²) >= 11 is 0. The van der Waals surface area contributed by atoms with Gasteiger partial charge in [0.2, 0.25) is 0 Å². The van der Waals surface area contributed by atoms with Crippen LogP contribution in [0.3, 0.4) is 0 Å². The summed E-state index contributed by atoms with van der Waals surface area (Å²) in [6, 6.07) is 0. The van der Waals surface area contributed by atoms with E-state index in [0.29, 0.717) is 6.42 Å². The van der Waals surface area contributed by atoms with E-state index in [1.807, 2.05) is 0 Å². The Labute approximate surface area is 135 Å². The Morgan fingerprint density at radius 1 is 0.947 bits per heavy atom. The van der Waals surface area contributed by atoms with Gasteiger partial charge in [0.05, 0.1) is 0 Å². The fourth-order valence-corrected chi connectivity index (χ4v) is 2.32. The van der Waals surface area contributed by atoms with Gasteiger partial charge < -0.3 is 13.1 Å². The van der Waals surface area contributed by atoms with Gasteiger partial charge in [0.25, 0.3) is 0 Å². The molecule has 0 aliphatic rings. The van der Waals surface area contributed by atoms with Crippen molar-refractivity contribution in [2.24, 2.45) is 10.8 Å². The van der Waals surface area contributed by atoms with E-state index in [1.165, 1.54) is 0 Å². The Morgan fingerprint density at radius 3 is 1.68 bits per heavy atom. The first-order chi connectivity index (χ1) is 8.20. The molecule has 0 spiro atoms. The van der Waals surface area contributed by atoms with E-state index in [0.717, 1.165) is 25.7 Å². The van der Waals surface area contributed by atoms with Crippen LogP contribution in [0.5, 0.6) is 0 Å². The van der Waals surface area contributed by atoms with Crippen molar-refractivity contribution < 1.29 is 22.7 Å². The minimum Gasteiger partial charge on any atom is -1.00 e. The quantitative estimate of drug-likeness (QED) is 0.407. The molecule has 0 saturated heterocycles. The van der Waals surface area contributed by atoms with Crippen LogP contribution in [0.4, 0.5) is 0 Å². The van der Waals surface area contributed by atoms with Crippen LogP contribution in [-0.4, -0.2) is 45.2 Å². The number of carbonyl (C=O) groups is 2. The van der Waals surface area contributed by atoms with Crippen LogP contribution in [0, 0.1) is 10.8 Å². The predicted octanol–water partition coefficient (Wildman–Crippen LogP) is 3.39. The van der Waals surface area contributed by atoms with Gasteiger partial charge in [0.1, 0.15) is 0 Å². The number of carboxylic acid groups (broad SMARTS) is 2. The van der Waals surface area contributed by atoms with Gasteiger partial charge in [-0.1, -0.05) is 59.8 Å². The summed E-state index contributed by atoms with van der Waals surface area (Å²) in [5, 5.41) is 18.7. The Balaban J connectivity index is -0.000000482. The molecule has 2 N–H and O–H groups in total. The van der Waals surface area contributed by atoms with Crippen molar-refractivity contribution in [3.05, 3.63) is 0 Å². The monoisotopic (exact) mass is 284 g/mol. The predicted molar refractivity (Wildman–Crippen MR) is 78.5 cm³/mol. The summed E-state index contributed by atoms with van der Waals surface area (Å²) in [6.45, 7) is 7.15. The summed E-state index contributed by atoms with van der Waals surface area (Å²) in [7, 11) is 0. The van der Waals surface area contributed by atoms with Gasteiger partial charge in [-0.15, -0.1) is 0 Å². The van der Waals surface area contributed by atoms with Gasteiger partial charge >= 0.3 is 35.0 Å². The van der Waals surface area contributed by atoms with Crippen molar-refractivity contribution in [3.63, 3.8) is 0 Å². The van der Waals surface area contributed by atoms with E-state index in [9.17, 15) is 19.8 Å². The summed E-state index contributed by atoms with van der Waals surface area (Å²) in [5.74, 6) is -2.45. The average molecular weight is 285 g/mol. The minimum atomic E-state index is -1.68. The third-order valence-electron chi connectivity index (χ3n) is 3.67. The fraction of sp³-hybridized carbons (Fsp3) is 0.857. The van der Waals surface area contributed by atoms with Crippen molar-refractivity contribution in [1.29, 1.82) is 0 Å². The Hall–Kier alpha value is -0.294. The molecular weight excluding hydrogens is 256 g/mol. The van der Waals surface area contributed by atoms with Crippen molar-refractivity contribution in [3.8, 4) is 0 Å². The minimum absolute atomic E-state index is 0. The van der Waals surface area contributed by atoms with E-state index in [1.54, 1.807) is 20.8 Å². The number of rotatable bonds is 8. The number of hydrogen-bond donors (Lipinski definition) is 2. The van der Waals surface area contributed by atoms with Gasteiger partial charge in [0.15, 0.2) is 5.41 Å². The molecule has 0 amide bonds. The fourth-order valence-electron chi connectivity index (χ4n) is 2.32. The molecule has 0 saturated carbocycles. The van der Waals surface area contributed by atoms with Gasteiger partial charge in [-0.2, -0.15) is 0 Å². The molecule has 0 unspecified atom stereocenters. The summed E-state index contributed by atoms with van der Waals surface area (Å²) in [5.41, 5.74) is -2.48. The first kappa shape index (κ1) is 21.0. The van der Waals surface area contributed by atoms with E-state index in [-0.39, 0.29) is 32.3 Å². The number of hydrogen-bond acceptors (Lipinski definition) is 2. The molecule has 0 heterocycles. The van der Waals surface area contributed by atoms with Gasteiger partial charge in [-0.25, -0.2) is 0 Å². The molecule has 0 rings (SSSR count). The molecule has 0 atom stereocenters. The Morgan fingerprint density at radius 2 is 1.37 bits per heavy atom. The summed E-state index contributed by atoms with van der Waals surface area (Å²) in [6.07, 6.45) is 5.01. The third-order valence-corrected chi connectivity index (χ3v) is 3.67. The molecule has 0 aliphatic carbocycles. The normalized spacial score (nSPS) is 11.8. The van der Waals surface area contributed by atoms with Crippen LogP contribution in [0.15, 0.2) is 0 Å². The average Bonchev–Trinajstić information content (AvgIpc) is 2.20. The second-order valence-corrected chi connectivity index (χ2v) is 5.93. The van der Waals surface area contributed by atoms with Crippen molar-refractivity contribution in [1.82, 2.24) is 0 Å². The topological polar surface area (TPSA) is 74.6 Å². The molecule has 0 fully saturated rings. The molecule has 0 bridgehead atoms. The van der Waals surface area contributed by atoms with Crippen molar-refractivity contribution in [2.45, 2.75) is 66.2 Å². The first-order valence-electron chi connectivity index (χ1n) is 6.67. The van der Waals surface area contributed by atoms with Crippen LogP contribution < -0.4 is 0 Å². The van der Waals surface area contributed by atoms with E-state index < -0.39 is 22.8 Å². The number of unbranched alkanes of at least 4 members (excludes halogenated alkanes) is 4. The molecule has 0 aromatic heterocycles. The standard InChI is InChI=1S/C14H26O4.Mg.2H/c1-5-6-7-8-9-10-14(11(15)16,12(17)18)13(2,3)4;;;/h5-10H2,1-4H3,(H,15,16)(H,17,18);;;/q;+2;2*-1. The SMILES string of the molecule is CCCCCCCC(C(=O)O)(C(=O)O)C(C)(C)C.[H-].[H-].[Mg+2]. The van der Waals surface area contributed by atoms with E-state index in [4.69, 9.17) is 0 Å². The van der Waals surface area contributed by atoms with Crippen LogP contribution in [0.25, 0.3) is 0 Å². The molecule has 19 heavy (non-hydrogen) atoms. The second-order valence-electron chi connectivity index (χ2n) is 5.93. The van der Waals surface area contributed by atoms with Gasteiger partial charge in [0, 0.05) is 0 Å².